The fourth-order valence-electron chi connectivity index (χ4n) is 2.29. The lowest BCUT2D eigenvalue weighted by molar-refractivity contribution is -0.133. The van der Waals surface area contributed by atoms with Gasteiger partial charge in [0, 0.05) is 18.4 Å². The quantitative estimate of drug-likeness (QED) is 0.667. The maximum atomic E-state index is 10.7. The average Bonchev–Trinajstić information content (AvgIpc) is 2.82. The van der Waals surface area contributed by atoms with E-state index in [1.165, 1.54) is 36.7 Å². The zero-order chi connectivity index (χ0) is 15.0. The molecule has 0 saturated heterocycles. The van der Waals surface area contributed by atoms with Gasteiger partial charge in [-0.1, -0.05) is 51.8 Å². The molecule has 0 fully saturated rings. The number of thioether (sulfide) groups is 1. The summed E-state index contributed by atoms with van der Waals surface area (Å²) in [6.45, 7) is 7.52. The standard InChI is InChI=1S/C15H26N2O2S/c1-4-7-8-12(5-2)10-17-13(6-3)9-16-15(17)20-11-14(18)19/h9,12H,4-8,10-11H2,1-3H3,(H,18,19). The van der Waals surface area contributed by atoms with Crippen molar-refractivity contribution >= 4 is 17.7 Å². The summed E-state index contributed by atoms with van der Waals surface area (Å²) in [5, 5.41) is 9.66. The van der Waals surface area contributed by atoms with Crippen LogP contribution >= 0.6 is 11.8 Å². The molecule has 1 heterocycles. The van der Waals surface area contributed by atoms with Crippen LogP contribution in [0.25, 0.3) is 0 Å². The van der Waals surface area contributed by atoms with Crippen molar-refractivity contribution in [3.8, 4) is 0 Å². The zero-order valence-electron chi connectivity index (χ0n) is 12.8. The topological polar surface area (TPSA) is 55.1 Å². The summed E-state index contributed by atoms with van der Waals surface area (Å²) >= 11 is 1.32. The van der Waals surface area contributed by atoms with Crippen LogP contribution in [0.15, 0.2) is 11.4 Å². The van der Waals surface area contributed by atoms with Crippen LogP contribution in [0.1, 0.15) is 52.1 Å². The Labute approximate surface area is 126 Å². The molecule has 1 unspecified atom stereocenters. The predicted molar refractivity (Wildman–Crippen MR) is 83.3 cm³/mol. The lowest BCUT2D eigenvalue weighted by Gasteiger charge is -2.18. The van der Waals surface area contributed by atoms with E-state index in [1.54, 1.807) is 0 Å². The molecule has 0 aliphatic rings. The predicted octanol–water partition coefficient (Wildman–Crippen LogP) is 3.84. The molecule has 20 heavy (non-hydrogen) atoms. The molecule has 0 saturated carbocycles. The number of aryl methyl sites for hydroxylation is 1. The first kappa shape index (κ1) is 17.1. The van der Waals surface area contributed by atoms with Crippen molar-refractivity contribution in [3.05, 3.63) is 11.9 Å². The van der Waals surface area contributed by atoms with Crippen LogP contribution in [0.4, 0.5) is 0 Å². The minimum absolute atomic E-state index is 0.0753. The van der Waals surface area contributed by atoms with Crippen molar-refractivity contribution in [1.29, 1.82) is 0 Å². The van der Waals surface area contributed by atoms with E-state index in [0.717, 1.165) is 24.5 Å². The third-order valence-electron chi connectivity index (χ3n) is 3.57. The highest BCUT2D eigenvalue weighted by Gasteiger charge is 2.15. The lowest BCUT2D eigenvalue weighted by Crippen LogP contribution is -2.14. The van der Waals surface area contributed by atoms with Crippen molar-refractivity contribution in [2.24, 2.45) is 5.92 Å². The highest BCUT2D eigenvalue weighted by atomic mass is 32.2. The Hall–Kier alpha value is -0.970. The number of carboxylic acids is 1. The van der Waals surface area contributed by atoms with E-state index in [1.807, 2.05) is 6.20 Å². The maximum absolute atomic E-state index is 10.7. The van der Waals surface area contributed by atoms with Gasteiger partial charge in [0.1, 0.15) is 0 Å². The largest absolute Gasteiger partial charge is 0.481 e. The summed E-state index contributed by atoms with van der Waals surface area (Å²) in [7, 11) is 0. The summed E-state index contributed by atoms with van der Waals surface area (Å²) in [6.07, 6.45) is 7.69. The fourth-order valence-corrected chi connectivity index (χ4v) is 3.01. The number of carbonyl (C=O) groups is 1. The number of aromatic nitrogens is 2. The van der Waals surface area contributed by atoms with Crippen LogP contribution in [0.5, 0.6) is 0 Å². The zero-order valence-corrected chi connectivity index (χ0v) is 13.6. The monoisotopic (exact) mass is 298 g/mol. The molecule has 0 bridgehead atoms. The van der Waals surface area contributed by atoms with Crippen molar-refractivity contribution in [2.45, 2.75) is 64.6 Å². The van der Waals surface area contributed by atoms with Crippen LogP contribution in [-0.2, 0) is 17.8 Å². The fraction of sp³-hybridized carbons (Fsp3) is 0.733. The van der Waals surface area contributed by atoms with Gasteiger partial charge in [-0.2, -0.15) is 0 Å². The Bertz CT molecular complexity index is 418. The Morgan fingerprint density at radius 2 is 2.20 bits per heavy atom. The molecule has 1 aromatic heterocycles. The van der Waals surface area contributed by atoms with E-state index in [2.05, 4.69) is 30.3 Å². The Morgan fingerprint density at radius 1 is 1.45 bits per heavy atom. The number of imidazole rings is 1. The Kier molecular flexibility index (Phi) is 7.73. The molecule has 0 aliphatic carbocycles. The van der Waals surface area contributed by atoms with E-state index in [4.69, 9.17) is 5.11 Å². The van der Waals surface area contributed by atoms with Crippen LogP contribution in [-0.4, -0.2) is 26.4 Å². The van der Waals surface area contributed by atoms with Gasteiger partial charge >= 0.3 is 5.97 Å². The first-order valence-corrected chi connectivity index (χ1v) is 8.49. The Balaban J connectivity index is 2.78. The van der Waals surface area contributed by atoms with Gasteiger partial charge in [-0.05, 0) is 18.8 Å². The van der Waals surface area contributed by atoms with Crippen molar-refractivity contribution in [1.82, 2.24) is 9.55 Å². The molecule has 1 N–H and O–H groups in total. The van der Waals surface area contributed by atoms with Gasteiger partial charge in [-0.3, -0.25) is 4.79 Å². The maximum Gasteiger partial charge on any atom is 0.313 e. The number of nitrogens with zero attached hydrogens (tertiary/aromatic N) is 2. The second kappa shape index (κ2) is 9.06. The summed E-state index contributed by atoms with van der Waals surface area (Å²) in [4.78, 5) is 15.1. The summed E-state index contributed by atoms with van der Waals surface area (Å²) in [6, 6.07) is 0. The molecule has 1 rings (SSSR count). The molecule has 0 aliphatic heterocycles. The molecular weight excluding hydrogens is 272 g/mol. The second-order valence-corrected chi connectivity index (χ2v) is 6.04. The first-order chi connectivity index (χ1) is 9.62. The first-order valence-electron chi connectivity index (χ1n) is 7.51. The van der Waals surface area contributed by atoms with Crippen LogP contribution < -0.4 is 0 Å². The normalized spacial score (nSPS) is 12.6. The molecular formula is C15H26N2O2S. The van der Waals surface area contributed by atoms with Crippen LogP contribution in [0.3, 0.4) is 0 Å². The van der Waals surface area contributed by atoms with E-state index in [9.17, 15) is 4.79 Å². The van der Waals surface area contributed by atoms with Gasteiger partial charge in [0.15, 0.2) is 5.16 Å². The number of unbranched alkanes of at least 4 members (excludes halogenated alkanes) is 1. The van der Waals surface area contributed by atoms with Crippen molar-refractivity contribution in [3.63, 3.8) is 0 Å². The number of aliphatic carboxylic acids is 1. The van der Waals surface area contributed by atoms with Gasteiger partial charge < -0.3 is 9.67 Å². The summed E-state index contributed by atoms with van der Waals surface area (Å²) < 4.78 is 2.22. The minimum Gasteiger partial charge on any atom is -0.481 e. The average molecular weight is 298 g/mol. The number of hydrogen-bond acceptors (Lipinski definition) is 3. The Morgan fingerprint density at radius 3 is 2.75 bits per heavy atom. The lowest BCUT2D eigenvalue weighted by atomic mass is 9.99. The van der Waals surface area contributed by atoms with Crippen molar-refractivity contribution < 1.29 is 9.90 Å². The van der Waals surface area contributed by atoms with Crippen LogP contribution in [0, 0.1) is 5.92 Å². The van der Waals surface area contributed by atoms with Gasteiger partial charge in [0.25, 0.3) is 0 Å². The highest BCUT2D eigenvalue weighted by molar-refractivity contribution is 7.99. The second-order valence-electron chi connectivity index (χ2n) is 5.10. The third kappa shape index (κ3) is 5.19. The number of rotatable bonds is 10. The van der Waals surface area contributed by atoms with Gasteiger partial charge in [0.2, 0.25) is 0 Å². The van der Waals surface area contributed by atoms with E-state index >= 15 is 0 Å². The van der Waals surface area contributed by atoms with Gasteiger partial charge in [-0.15, -0.1) is 0 Å². The SMILES string of the molecule is CCCCC(CC)Cn1c(CC)cnc1SCC(=O)O. The smallest absolute Gasteiger partial charge is 0.313 e. The van der Waals surface area contributed by atoms with Crippen LogP contribution in [0.2, 0.25) is 0 Å². The molecule has 0 radical (unpaired) electrons. The molecule has 1 aromatic rings. The van der Waals surface area contributed by atoms with Crippen molar-refractivity contribution in [2.75, 3.05) is 5.75 Å². The van der Waals surface area contributed by atoms with E-state index < -0.39 is 5.97 Å². The third-order valence-corrected chi connectivity index (χ3v) is 4.55. The number of hydrogen-bond donors (Lipinski definition) is 1. The molecule has 4 nitrogen and oxygen atoms in total. The summed E-state index contributed by atoms with van der Waals surface area (Å²) in [5.74, 6) is -0.0643. The molecule has 1 atom stereocenters. The molecule has 0 amide bonds. The highest BCUT2D eigenvalue weighted by Crippen LogP contribution is 2.23. The summed E-state index contributed by atoms with van der Waals surface area (Å²) in [5.41, 5.74) is 1.20. The van der Waals surface area contributed by atoms with E-state index in [0.29, 0.717) is 5.92 Å². The van der Waals surface area contributed by atoms with Gasteiger partial charge in [0.05, 0.1) is 5.75 Å². The molecule has 0 aromatic carbocycles. The van der Waals surface area contributed by atoms with Gasteiger partial charge in [-0.25, -0.2) is 4.98 Å². The van der Waals surface area contributed by atoms with E-state index in [-0.39, 0.29) is 5.75 Å². The molecule has 5 heteroatoms. The molecule has 0 spiro atoms. The molecule has 114 valence electrons. The number of carboxylic acid groups (broad SMARTS) is 1. The minimum atomic E-state index is -0.791.